The highest BCUT2D eigenvalue weighted by atomic mass is 35.5. The molecule has 0 bridgehead atoms. The van der Waals surface area contributed by atoms with Crippen LogP contribution in [0.25, 0.3) is 0 Å². The third kappa shape index (κ3) is 3.74. The molecule has 0 heterocycles. The number of rotatable bonds is 4. The maximum absolute atomic E-state index is 12.8. The van der Waals surface area contributed by atoms with Gasteiger partial charge in [-0.15, -0.1) is 0 Å². The topological polar surface area (TPSA) is 12.0 Å². The summed E-state index contributed by atoms with van der Waals surface area (Å²) >= 11 is 5.99. The van der Waals surface area contributed by atoms with E-state index in [4.69, 9.17) is 11.6 Å². The van der Waals surface area contributed by atoms with Gasteiger partial charge in [-0.3, -0.25) is 0 Å². The fraction of sp³-hybridized carbons (Fsp3) is 0.200. The highest BCUT2D eigenvalue weighted by molar-refractivity contribution is 6.31. The monoisotopic (exact) mass is 299 g/mol. The molecule has 0 saturated heterocycles. The molecule has 0 saturated carbocycles. The van der Waals surface area contributed by atoms with Crippen LogP contribution in [0.1, 0.15) is 16.7 Å². The summed E-state index contributed by atoms with van der Waals surface area (Å²) in [5, 5.41) is 3.59. The van der Waals surface area contributed by atoms with Gasteiger partial charge in [0.2, 0.25) is 0 Å². The van der Waals surface area contributed by atoms with Crippen molar-refractivity contribution in [3.05, 3.63) is 70.2 Å². The zero-order chi connectivity index (χ0) is 14.6. The summed E-state index contributed by atoms with van der Waals surface area (Å²) in [4.78, 5) is 0. The molecule has 0 aliphatic carbocycles. The van der Waals surface area contributed by atoms with Crippen LogP contribution in [0, 0.1) is 0 Å². The van der Waals surface area contributed by atoms with Crippen molar-refractivity contribution < 1.29 is 13.2 Å². The number of benzene rings is 2. The lowest BCUT2D eigenvalue weighted by molar-refractivity contribution is -0.138. The molecule has 0 aromatic heterocycles. The Labute approximate surface area is 120 Å². The van der Waals surface area contributed by atoms with Gasteiger partial charge in [-0.25, -0.2) is 0 Å². The molecule has 0 atom stereocenters. The van der Waals surface area contributed by atoms with Crippen molar-refractivity contribution in [2.24, 2.45) is 0 Å². The van der Waals surface area contributed by atoms with E-state index in [2.05, 4.69) is 5.32 Å². The SMILES string of the molecule is FC(F)(F)c1ccccc1CNCc1ccccc1Cl. The second-order valence-electron chi connectivity index (χ2n) is 4.35. The van der Waals surface area contributed by atoms with Gasteiger partial charge in [0.25, 0.3) is 0 Å². The second kappa shape index (κ2) is 6.29. The Morgan fingerprint density at radius 1 is 0.850 bits per heavy atom. The van der Waals surface area contributed by atoms with E-state index >= 15 is 0 Å². The molecule has 106 valence electrons. The summed E-state index contributed by atoms with van der Waals surface area (Å²) in [7, 11) is 0. The molecular formula is C15H13ClF3N. The van der Waals surface area contributed by atoms with Crippen molar-refractivity contribution in [1.82, 2.24) is 5.32 Å². The van der Waals surface area contributed by atoms with Crippen molar-refractivity contribution in [1.29, 1.82) is 0 Å². The van der Waals surface area contributed by atoms with Crippen LogP contribution in [-0.4, -0.2) is 0 Å². The van der Waals surface area contributed by atoms with E-state index in [1.54, 1.807) is 12.1 Å². The third-order valence-corrected chi connectivity index (χ3v) is 3.28. The Hall–Kier alpha value is -1.52. The molecule has 2 aromatic carbocycles. The average Bonchev–Trinajstić information content (AvgIpc) is 2.40. The molecule has 0 aliphatic heterocycles. The highest BCUT2D eigenvalue weighted by Gasteiger charge is 2.32. The number of alkyl halides is 3. The Morgan fingerprint density at radius 3 is 2.05 bits per heavy atom. The van der Waals surface area contributed by atoms with Gasteiger partial charge in [0, 0.05) is 18.1 Å². The molecule has 1 nitrogen and oxygen atoms in total. The fourth-order valence-corrected chi connectivity index (χ4v) is 2.13. The van der Waals surface area contributed by atoms with E-state index in [0.717, 1.165) is 11.6 Å². The fourth-order valence-electron chi connectivity index (χ4n) is 1.92. The lowest BCUT2D eigenvalue weighted by Crippen LogP contribution is -2.17. The smallest absolute Gasteiger partial charge is 0.309 e. The molecule has 20 heavy (non-hydrogen) atoms. The molecule has 0 aliphatic rings. The lowest BCUT2D eigenvalue weighted by atomic mass is 10.1. The van der Waals surface area contributed by atoms with E-state index < -0.39 is 11.7 Å². The second-order valence-corrected chi connectivity index (χ2v) is 4.76. The largest absolute Gasteiger partial charge is 0.416 e. The molecular weight excluding hydrogens is 287 g/mol. The summed E-state index contributed by atoms with van der Waals surface area (Å²) in [6, 6.07) is 12.8. The number of halogens is 4. The first-order valence-electron chi connectivity index (χ1n) is 6.07. The maximum atomic E-state index is 12.8. The van der Waals surface area contributed by atoms with Crippen molar-refractivity contribution in [3.8, 4) is 0 Å². The van der Waals surface area contributed by atoms with Crippen LogP contribution in [0.5, 0.6) is 0 Å². The number of hydrogen-bond donors (Lipinski definition) is 1. The molecule has 0 radical (unpaired) electrons. The van der Waals surface area contributed by atoms with E-state index in [9.17, 15) is 13.2 Å². The van der Waals surface area contributed by atoms with Crippen molar-refractivity contribution in [2.45, 2.75) is 19.3 Å². The molecule has 0 spiro atoms. The average molecular weight is 300 g/mol. The third-order valence-electron chi connectivity index (χ3n) is 2.91. The molecule has 0 amide bonds. The van der Waals surface area contributed by atoms with E-state index in [1.807, 2.05) is 18.2 Å². The van der Waals surface area contributed by atoms with E-state index in [0.29, 0.717) is 11.6 Å². The number of nitrogens with one attached hydrogen (secondary N) is 1. The molecule has 5 heteroatoms. The summed E-state index contributed by atoms with van der Waals surface area (Å²) in [5.41, 5.74) is 0.484. The first-order valence-corrected chi connectivity index (χ1v) is 6.45. The van der Waals surface area contributed by atoms with Crippen LogP contribution in [0.4, 0.5) is 13.2 Å². The Balaban J connectivity index is 2.04. The normalized spacial score (nSPS) is 11.6. The molecule has 2 rings (SSSR count). The predicted octanol–water partition coefficient (Wildman–Crippen LogP) is 4.65. The van der Waals surface area contributed by atoms with Crippen LogP contribution in [-0.2, 0) is 19.3 Å². The summed E-state index contributed by atoms with van der Waals surface area (Å²) < 4.78 is 38.4. The zero-order valence-corrected chi connectivity index (χ0v) is 11.3. The highest BCUT2D eigenvalue weighted by Crippen LogP contribution is 2.31. The van der Waals surface area contributed by atoms with Gasteiger partial charge in [-0.05, 0) is 23.3 Å². The van der Waals surface area contributed by atoms with Gasteiger partial charge >= 0.3 is 6.18 Å². The van der Waals surface area contributed by atoms with Gasteiger partial charge in [0.15, 0.2) is 0 Å². The summed E-state index contributed by atoms with van der Waals surface area (Å²) in [6.45, 7) is 0.562. The molecule has 1 N–H and O–H groups in total. The van der Waals surface area contributed by atoms with Crippen LogP contribution in [0.15, 0.2) is 48.5 Å². The minimum absolute atomic E-state index is 0.140. The van der Waals surface area contributed by atoms with E-state index in [-0.39, 0.29) is 12.1 Å². The Bertz CT molecular complexity index is 581. The first kappa shape index (κ1) is 14.9. The van der Waals surface area contributed by atoms with Crippen LogP contribution >= 0.6 is 11.6 Å². The molecule has 0 unspecified atom stereocenters. The van der Waals surface area contributed by atoms with Gasteiger partial charge in [0.1, 0.15) is 0 Å². The Morgan fingerprint density at radius 2 is 1.40 bits per heavy atom. The van der Waals surface area contributed by atoms with Crippen molar-refractivity contribution in [3.63, 3.8) is 0 Å². The molecule has 0 fully saturated rings. The Kier molecular flexibility index (Phi) is 4.68. The van der Waals surface area contributed by atoms with Crippen molar-refractivity contribution in [2.75, 3.05) is 0 Å². The zero-order valence-electron chi connectivity index (χ0n) is 10.5. The standard InChI is InChI=1S/C15H13ClF3N/c16-14-8-4-2-6-12(14)10-20-9-11-5-1-3-7-13(11)15(17,18)19/h1-8,20H,9-10H2. The predicted molar refractivity (Wildman–Crippen MR) is 73.4 cm³/mol. The van der Waals surface area contributed by atoms with Gasteiger partial charge in [0.05, 0.1) is 5.56 Å². The first-order chi connectivity index (χ1) is 9.48. The lowest BCUT2D eigenvalue weighted by Gasteiger charge is -2.13. The quantitative estimate of drug-likeness (QED) is 0.866. The van der Waals surface area contributed by atoms with Gasteiger partial charge in [-0.2, -0.15) is 13.2 Å². The van der Waals surface area contributed by atoms with Crippen LogP contribution in [0.3, 0.4) is 0 Å². The number of hydrogen-bond acceptors (Lipinski definition) is 1. The van der Waals surface area contributed by atoms with E-state index in [1.165, 1.54) is 12.1 Å². The maximum Gasteiger partial charge on any atom is 0.416 e. The molecule has 2 aromatic rings. The summed E-state index contributed by atoms with van der Waals surface area (Å²) in [6.07, 6.45) is -4.33. The van der Waals surface area contributed by atoms with Crippen LogP contribution < -0.4 is 5.32 Å². The minimum Gasteiger partial charge on any atom is -0.309 e. The minimum atomic E-state index is -4.33. The van der Waals surface area contributed by atoms with Crippen molar-refractivity contribution >= 4 is 11.6 Å². The summed E-state index contributed by atoms with van der Waals surface area (Å²) in [5.74, 6) is 0. The van der Waals surface area contributed by atoms with Crippen LogP contribution in [0.2, 0.25) is 5.02 Å². The van der Waals surface area contributed by atoms with Gasteiger partial charge < -0.3 is 5.32 Å². The van der Waals surface area contributed by atoms with Gasteiger partial charge in [-0.1, -0.05) is 48.0 Å².